The summed E-state index contributed by atoms with van der Waals surface area (Å²) < 4.78 is 5.20. The van der Waals surface area contributed by atoms with Gasteiger partial charge in [-0.25, -0.2) is 10.8 Å². The molecule has 0 aliphatic heterocycles. The lowest BCUT2D eigenvalue weighted by Gasteiger charge is -2.01. The summed E-state index contributed by atoms with van der Waals surface area (Å²) in [4.78, 5) is 4.29. The van der Waals surface area contributed by atoms with Gasteiger partial charge in [-0.1, -0.05) is 18.2 Å². The van der Waals surface area contributed by atoms with Gasteiger partial charge in [0.15, 0.2) is 16.8 Å². The first-order chi connectivity index (χ1) is 7.79. The molecule has 0 spiro atoms. The highest BCUT2D eigenvalue weighted by Gasteiger charge is 2.06. The van der Waals surface area contributed by atoms with E-state index in [1.54, 1.807) is 12.1 Å². The fourth-order valence-electron chi connectivity index (χ4n) is 1.23. The third-order valence-corrected chi connectivity index (χ3v) is 2.14. The van der Waals surface area contributed by atoms with Gasteiger partial charge in [0.05, 0.1) is 5.69 Å². The third-order valence-electron chi connectivity index (χ3n) is 1.94. The van der Waals surface area contributed by atoms with Crippen molar-refractivity contribution in [1.82, 2.24) is 5.43 Å². The van der Waals surface area contributed by atoms with Gasteiger partial charge in [0.1, 0.15) is 0 Å². The smallest absolute Gasteiger partial charge is 0.194 e. The second-order valence-corrected chi connectivity index (χ2v) is 3.42. The van der Waals surface area contributed by atoms with Crippen molar-refractivity contribution in [3.8, 4) is 0 Å². The average Bonchev–Trinajstić information content (AvgIpc) is 2.74. The summed E-state index contributed by atoms with van der Waals surface area (Å²) in [5.41, 5.74) is 3.26. The highest BCUT2D eigenvalue weighted by atomic mass is 35.5. The first kappa shape index (κ1) is 10.7. The zero-order valence-corrected chi connectivity index (χ0v) is 9.11. The lowest BCUT2D eigenvalue weighted by Crippen LogP contribution is -2.30. The number of hydrogen-bond donors (Lipinski definition) is 2. The Morgan fingerprint density at radius 2 is 1.94 bits per heavy atom. The number of furan rings is 1. The lowest BCUT2D eigenvalue weighted by atomic mass is 10.3. The summed E-state index contributed by atoms with van der Waals surface area (Å²) in [6.07, 6.45) is 0. The van der Waals surface area contributed by atoms with Crippen molar-refractivity contribution >= 4 is 23.1 Å². The Morgan fingerprint density at radius 1 is 1.19 bits per heavy atom. The third kappa shape index (κ3) is 2.42. The molecule has 16 heavy (non-hydrogen) atoms. The van der Waals surface area contributed by atoms with Crippen molar-refractivity contribution in [3.05, 3.63) is 53.4 Å². The van der Waals surface area contributed by atoms with Crippen molar-refractivity contribution in [2.75, 3.05) is 0 Å². The van der Waals surface area contributed by atoms with Gasteiger partial charge >= 0.3 is 0 Å². The topological polar surface area (TPSA) is 63.5 Å². The molecule has 82 valence electrons. The van der Waals surface area contributed by atoms with Crippen LogP contribution in [0.5, 0.6) is 0 Å². The van der Waals surface area contributed by atoms with Crippen LogP contribution in [0.3, 0.4) is 0 Å². The number of nitrogens with zero attached hydrogens (tertiary/aromatic N) is 1. The van der Waals surface area contributed by atoms with Gasteiger partial charge in [-0.2, -0.15) is 0 Å². The van der Waals surface area contributed by atoms with Gasteiger partial charge in [0.25, 0.3) is 0 Å². The molecule has 0 aliphatic rings. The number of nitrogens with two attached hydrogens (primary N) is 1. The van der Waals surface area contributed by atoms with Crippen LogP contribution in [0, 0.1) is 0 Å². The molecule has 0 radical (unpaired) electrons. The van der Waals surface area contributed by atoms with Gasteiger partial charge in [0, 0.05) is 0 Å². The van der Waals surface area contributed by atoms with E-state index in [9.17, 15) is 0 Å². The van der Waals surface area contributed by atoms with Crippen LogP contribution in [-0.4, -0.2) is 5.84 Å². The van der Waals surface area contributed by atoms with Crippen LogP contribution in [0.25, 0.3) is 0 Å². The van der Waals surface area contributed by atoms with Gasteiger partial charge in [-0.05, 0) is 35.9 Å². The molecule has 1 aromatic heterocycles. The van der Waals surface area contributed by atoms with Crippen molar-refractivity contribution in [2.24, 2.45) is 10.8 Å². The van der Waals surface area contributed by atoms with Gasteiger partial charge in [-0.15, -0.1) is 0 Å². The summed E-state index contributed by atoms with van der Waals surface area (Å²) in [6.45, 7) is 0. The molecule has 0 saturated carbocycles. The maximum atomic E-state index is 5.67. The number of hydrogen-bond acceptors (Lipinski definition) is 3. The molecule has 2 rings (SSSR count). The molecular weight excluding hydrogens is 226 g/mol. The Labute approximate surface area is 97.7 Å². The monoisotopic (exact) mass is 235 g/mol. The first-order valence-corrected chi connectivity index (χ1v) is 5.03. The molecule has 0 aliphatic carbocycles. The van der Waals surface area contributed by atoms with E-state index in [2.05, 4.69) is 10.4 Å². The van der Waals surface area contributed by atoms with Crippen molar-refractivity contribution in [2.45, 2.75) is 0 Å². The van der Waals surface area contributed by atoms with E-state index in [1.165, 1.54) is 0 Å². The van der Waals surface area contributed by atoms with Crippen LogP contribution in [0.2, 0.25) is 5.22 Å². The number of benzene rings is 1. The van der Waals surface area contributed by atoms with Crippen LogP contribution in [-0.2, 0) is 0 Å². The fraction of sp³-hybridized carbons (Fsp3) is 0. The largest absolute Gasteiger partial charge is 0.441 e. The zero-order chi connectivity index (χ0) is 11.4. The van der Waals surface area contributed by atoms with E-state index in [0.29, 0.717) is 16.8 Å². The number of halogens is 1. The Bertz CT molecular complexity index is 493. The molecular formula is C11H10ClN3O. The molecule has 5 heteroatoms. The van der Waals surface area contributed by atoms with Crippen LogP contribution in [0.15, 0.2) is 51.9 Å². The van der Waals surface area contributed by atoms with E-state index in [0.717, 1.165) is 5.69 Å². The Kier molecular flexibility index (Phi) is 3.24. The Morgan fingerprint density at radius 3 is 2.50 bits per heavy atom. The molecule has 0 saturated heterocycles. The fourth-order valence-corrected chi connectivity index (χ4v) is 1.38. The van der Waals surface area contributed by atoms with E-state index in [4.69, 9.17) is 21.9 Å². The van der Waals surface area contributed by atoms with E-state index >= 15 is 0 Å². The predicted octanol–water partition coefficient (Wildman–Crippen LogP) is 2.47. The predicted molar refractivity (Wildman–Crippen MR) is 63.7 cm³/mol. The lowest BCUT2D eigenvalue weighted by molar-refractivity contribution is 0.556. The van der Waals surface area contributed by atoms with E-state index < -0.39 is 0 Å². The zero-order valence-electron chi connectivity index (χ0n) is 8.35. The Hall–Kier alpha value is -1.78. The summed E-state index contributed by atoms with van der Waals surface area (Å²) >= 11 is 5.67. The van der Waals surface area contributed by atoms with Crippen LogP contribution in [0.1, 0.15) is 5.76 Å². The molecule has 0 amide bonds. The first-order valence-electron chi connectivity index (χ1n) is 4.65. The standard InChI is InChI=1S/C11H10ClN3O/c12-10-7-6-9(16-10)11(15-13)14-8-4-2-1-3-5-8/h1-7H,13H2,(H,14,15). The molecule has 0 fully saturated rings. The van der Waals surface area contributed by atoms with Gasteiger partial charge in [-0.3, -0.25) is 0 Å². The molecule has 2 aromatic rings. The molecule has 0 unspecified atom stereocenters. The number of rotatable bonds is 2. The number of aliphatic imine (C=N–C) groups is 1. The number of amidine groups is 1. The second-order valence-electron chi connectivity index (χ2n) is 3.04. The maximum absolute atomic E-state index is 5.67. The number of para-hydroxylation sites is 1. The molecule has 0 bridgehead atoms. The quantitative estimate of drug-likeness (QED) is 0.364. The summed E-state index contributed by atoms with van der Waals surface area (Å²) in [5, 5.41) is 0.297. The molecule has 1 heterocycles. The van der Waals surface area contributed by atoms with Crippen molar-refractivity contribution in [3.63, 3.8) is 0 Å². The van der Waals surface area contributed by atoms with Crippen molar-refractivity contribution in [1.29, 1.82) is 0 Å². The highest BCUT2D eigenvalue weighted by Crippen LogP contribution is 2.16. The van der Waals surface area contributed by atoms with Crippen LogP contribution < -0.4 is 11.3 Å². The van der Waals surface area contributed by atoms with Crippen molar-refractivity contribution < 1.29 is 4.42 Å². The molecule has 0 atom stereocenters. The SMILES string of the molecule is NNC(=Nc1ccccc1)c1ccc(Cl)o1. The second kappa shape index (κ2) is 4.83. The Balaban J connectivity index is 2.33. The van der Waals surface area contributed by atoms with Gasteiger partial charge < -0.3 is 9.84 Å². The molecule has 1 aromatic carbocycles. The normalized spacial score (nSPS) is 11.5. The minimum absolute atomic E-state index is 0.297. The number of hydrazine groups is 1. The minimum Gasteiger partial charge on any atom is -0.441 e. The molecule has 3 N–H and O–H groups in total. The van der Waals surface area contributed by atoms with E-state index in [1.807, 2.05) is 30.3 Å². The number of nitrogens with one attached hydrogen (secondary N) is 1. The molecule has 4 nitrogen and oxygen atoms in total. The average molecular weight is 236 g/mol. The summed E-state index contributed by atoms with van der Waals surface area (Å²) in [7, 11) is 0. The van der Waals surface area contributed by atoms with Crippen LogP contribution >= 0.6 is 11.6 Å². The van der Waals surface area contributed by atoms with Gasteiger partial charge in [0.2, 0.25) is 0 Å². The highest BCUT2D eigenvalue weighted by molar-refractivity contribution is 6.29. The summed E-state index contributed by atoms with van der Waals surface area (Å²) in [6, 6.07) is 12.8. The maximum Gasteiger partial charge on any atom is 0.194 e. The van der Waals surface area contributed by atoms with E-state index in [-0.39, 0.29) is 0 Å². The minimum atomic E-state index is 0.297. The summed E-state index contributed by atoms with van der Waals surface area (Å²) in [5.74, 6) is 6.30. The van der Waals surface area contributed by atoms with Crippen LogP contribution in [0.4, 0.5) is 5.69 Å².